The maximum Gasteiger partial charge on any atom is 0.349 e. The van der Waals surface area contributed by atoms with Gasteiger partial charge in [0.05, 0.1) is 21.8 Å². The SMILES string of the molecule is CN([C@H]1C[C@H](O)C1)S(=O)(=O)c1cc(Oc2c(Cl)cc(-n3nc(C(F)F)c(=O)[nH]c3=O)cc2Cl)ccc1O. The molecule has 198 valence electrons. The summed E-state index contributed by atoms with van der Waals surface area (Å²) in [6.45, 7) is 0. The zero-order valence-corrected chi connectivity index (χ0v) is 21.1. The van der Waals surface area contributed by atoms with Crippen LogP contribution in [0.15, 0.2) is 44.8 Å². The molecular formula is C21H18Cl2F2N4O7S. The van der Waals surface area contributed by atoms with Gasteiger partial charge in [-0.3, -0.25) is 9.78 Å². The molecule has 11 nitrogen and oxygen atoms in total. The number of phenols is 1. The predicted molar refractivity (Wildman–Crippen MR) is 128 cm³/mol. The Kier molecular flexibility index (Phi) is 7.32. The lowest BCUT2D eigenvalue weighted by Gasteiger charge is -2.37. The van der Waals surface area contributed by atoms with Crippen molar-refractivity contribution in [2.24, 2.45) is 0 Å². The number of phenolic OH excluding ortho intramolecular Hbond substituents is 1. The predicted octanol–water partition coefficient (Wildman–Crippen LogP) is 2.81. The van der Waals surface area contributed by atoms with Gasteiger partial charge in [-0.25, -0.2) is 22.0 Å². The second-order valence-electron chi connectivity index (χ2n) is 8.13. The van der Waals surface area contributed by atoms with Crippen molar-refractivity contribution in [3.63, 3.8) is 0 Å². The number of aliphatic hydroxyl groups excluding tert-OH is 1. The highest BCUT2D eigenvalue weighted by Gasteiger charge is 2.38. The normalized spacial score (nSPS) is 17.7. The van der Waals surface area contributed by atoms with Crippen LogP contribution in [0.4, 0.5) is 8.78 Å². The molecule has 1 aromatic heterocycles. The average Bonchev–Trinajstić information content (AvgIpc) is 2.79. The Morgan fingerprint density at radius 2 is 1.81 bits per heavy atom. The number of aromatic amines is 1. The molecule has 4 rings (SSSR count). The highest BCUT2D eigenvalue weighted by Crippen LogP contribution is 2.40. The lowest BCUT2D eigenvalue weighted by molar-refractivity contribution is 0.0395. The first kappa shape index (κ1) is 27.0. The Balaban J connectivity index is 1.68. The topological polar surface area (TPSA) is 155 Å². The molecule has 0 radical (unpaired) electrons. The second kappa shape index (κ2) is 10.0. The minimum Gasteiger partial charge on any atom is -0.507 e. The van der Waals surface area contributed by atoms with E-state index in [0.29, 0.717) is 4.68 Å². The third kappa shape index (κ3) is 5.20. The van der Waals surface area contributed by atoms with E-state index in [0.717, 1.165) is 28.6 Å². The van der Waals surface area contributed by atoms with Crippen LogP contribution in [-0.4, -0.2) is 56.9 Å². The maximum absolute atomic E-state index is 13.1. The van der Waals surface area contributed by atoms with E-state index in [1.54, 1.807) is 4.98 Å². The molecule has 37 heavy (non-hydrogen) atoms. The fourth-order valence-electron chi connectivity index (χ4n) is 3.59. The molecule has 0 unspecified atom stereocenters. The van der Waals surface area contributed by atoms with Crippen LogP contribution in [-0.2, 0) is 10.0 Å². The van der Waals surface area contributed by atoms with Gasteiger partial charge in [0, 0.05) is 19.2 Å². The van der Waals surface area contributed by atoms with Crippen LogP contribution in [0.25, 0.3) is 5.69 Å². The molecule has 16 heteroatoms. The molecule has 2 aromatic carbocycles. The lowest BCUT2D eigenvalue weighted by Crippen LogP contribution is -2.47. The van der Waals surface area contributed by atoms with Gasteiger partial charge in [-0.15, -0.1) is 0 Å². The first-order valence-electron chi connectivity index (χ1n) is 10.5. The van der Waals surface area contributed by atoms with Crippen molar-refractivity contribution in [1.82, 2.24) is 19.1 Å². The number of aromatic hydroxyl groups is 1. The first-order chi connectivity index (χ1) is 17.3. The summed E-state index contributed by atoms with van der Waals surface area (Å²) in [5.41, 5.74) is -3.81. The molecule has 0 bridgehead atoms. The Bertz CT molecular complexity index is 1570. The lowest BCUT2D eigenvalue weighted by atomic mass is 9.90. The van der Waals surface area contributed by atoms with Gasteiger partial charge in [0.2, 0.25) is 10.0 Å². The molecule has 0 aliphatic heterocycles. The first-order valence-corrected chi connectivity index (χ1v) is 12.7. The van der Waals surface area contributed by atoms with Crippen LogP contribution >= 0.6 is 23.2 Å². The number of hydrogen-bond donors (Lipinski definition) is 3. The summed E-state index contributed by atoms with van der Waals surface area (Å²) in [6, 6.07) is 5.19. The number of rotatable bonds is 7. The highest BCUT2D eigenvalue weighted by atomic mass is 35.5. The minimum absolute atomic E-state index is 0.0747. The van der Waals surface area contributed by atoms with Gasteiger partial charge in [-0.2, -0.15) is 14.1 Å². The third-order valence-corrected chi connectivity index (χ3v) is 8.20. The number of hydrogen-bond acceptors (Lipinski definition) is 8. The van der Waals surface area contributed by atoms with Crippen LogP contribution in [0.1, 0.15) is 25.0 Å². The summed E-state index contributed by atoms with van der Waals surface area (Å²) in [5.74, 6) is -0.789. The number of halogens is 4. The van der Waals surface area contributed by atoms with Crippen molar-refractivity contribution in [2.75, 3.05) is 7.05 Å². The van der Waals surface area contributed by atoms with Crippen LogP contribution < -0.4 is 16.0 Å². The van der Waals surface area contributed by atoms with Crippen molar-refractivity contribution in [2.45, 2.75) is 36.3 Å². The quantitative estimate of drug-likeness (QED) is 0.386. The van der Waals surface area contributed by atoms with Gasteiger partial charge in [0.15, 0.2) is 11.4 Å². The minimum atomic E-state index is -4.16. The summed E-state index contributed by atoms with van der Waals surface area (Å²) in [6.07, 6.45) is -3.33. The van der Waals surface area contributed by atoms with E-state index >= 15 is 0 Å². The number of sulfonamides is 1. The molecule has 1 fully saturated rings. The van der Waals surface area contributed by atoms with Crippen molar-refractivity contribution < 1.29 is 32.1 Å². The third-order valence-electron chi connectivity index (χ3n) is 5.70. The Labute approximate surface area is 217 Å². The summed E-state index contributed by atoms with van der Waals surface area (Å²) < 4.78 is 59.3. The summed E-state index contributed by atoms with van der Waals surface area (Å²) >= 11 is 12.5. The van der Waals surface area contributed by atoms with Crippen molar-refractivity contribution in [1.29, 1.82) is 0 Å². The average molecular weight is 579 g/mol. The highest BCUT2D eigenvalue weighted by molar-refractivity contribution is 7.89. The molecule has 3 aromatic rings. The monoisotopic (exact) mass is 578 g/mol. The molecule has 0 amide bonds. The molecular weight excluding hydrogens is 561 g/mol. The molecule has 1 aliphatic carbocycles. The number of aromatic nitrogens is 3. The van der Waals surface area contributed by atoms with Gasteiger partial charge in [0.1, 0.15) is 16.4 Å². The second-order valence-corrected chi connectivity index (χ2v) is 10.9. The van der Waals surface area contributed by atoms with Crippen LogP contribution in [0.2, 0.25) is 10.0 Å². The molecule has 3 N–H and O–H groups in total. The van der Waals surface area contributed by atoms with Crippen molar-refractivity contribution in [3.8, 4) is 22.9 Å². The number of aliphatic hydroxyl groups is 1. The fourth-order valence-corrected chi connectivity index (χ4v) is 5.61. The number of alkyl halides is 2. The Morgan fingerprint density at radius 1 is 1.19 bits per heavy atom. The van der Waals surface area contributed by atoms with E-state index in [2.05, 4.69) is 5.10 Å². The molecule has 1 aliphatic rings. The van der Waals surface area contributed by atoms with E-state index in [-0.39, 0.29) is 40.1 Å². The Morgan fingerprint density at radius 3 is 2.38 bits per heavy atom. The van der Waals surface area contributed by atoms with Gasteiger partial charge in [-0.1, -0.05) is 23.2 Å². The van der Waals surface area contributed by atoms with E-state index in [1.165, 1.54) is 13.1 Å². The zero-order valence-electron chi connectivity index (χ0n) is 18.7. The van der Waals surface area contributed by atoms with Gasteiger partial charge in [-0.05, 0) is 37.1 Å². The summed E-state index contributed by atoms with van der Waals surface area (Å²) in [4.78, 5) is 24.9. The molecule has 1 heterocycles. The van der Waals surface area contributed by atoms with Crippen molar-refractivity contribution >= 4 is 33.2 Å². The van der Waals surface area contributed by atoms with E-state index < -0.39 is 56.2 Å². The number of benzene rings is 2. The van der Waals surface area contributed by atoms with Crippen LogP contribution in [0.5, 0.6) is 17.2 Å². The molecule has 0 spiro atoms. The summed E-state index contributed by atoms with van der Waals surface area (Å²) in [5, 5.41) is 22.6. The van der Waals surface area contributed by atoms with Gasteiger partial charge in [0.25, 0.3) is 12.0 Å². The zero-order chi connectivity index (χ0) is 27.2. The number of nitrogens with zero attached hydrogens (tertiary/aromatic N) is 3. The molecule has 1 saturated carbocycles. The molecule has 0 saturated heterocycles. The smallest absolute Gasteiger partial charge is 0.349 e. The van der Waals surface area contributed by atoms with Gasteiger partial charge >= 0.3 is 5.69 Å². The standard InChI is InChI=1S/C21H18Cl2F2N4O7S/c1-28(9-4-11(30)5-9)37(34,35)16-8-12(2-3-15(16)31)36-18-13(22)6-10(7-14(18)23)29-21(33)26-20(32)17(27-29)19(24)25/h2-3,6-9,11,19,30-31H,4-5H2,1H3,(H,26,32,33)/t9-,11-. The van der Waals surface area contributed by atoms with Gasteiger partial charge < -0.3 is 14.9 Å². The maximum atomic E-state index is 13.1. The largest absolute Gasteiger partial charge is 0.507 e. The number of nitrogens with one attached hydrogen (secondary N) is 1. The number of H-pyrrole nitrogens is 1. The molecule has 0 atom stereocenters. The van der Waals surface area contributed by atoms with E-state index in [4.69, 9.17) is 27.9 Å². The van der Waals surface area contributed by atoms with Crippen molar-refractivity contribution in [3.05, 3.63) is 66.9 Å². The van der Waals surface area contributed by atoms with Crippen LogP contribution in [0, 0.1) is 0 Å². The summed E-state index contributed by atoms with van der Waals surface area (Å²) in [7, 11) is -2.83. The van der Waals surface area contributed by atoms with Crippen LogP contribution in [0.3, 0.4) is 0 Å². The Hall–Kier alpha value is -3.04. The number of ether oxygens (including phenoxy) is 1. The fraction of sp³-hybridized carbons (Fsp3) is 0.286. The van der Waals surface area contributed by atoms with E-state index in [9.17, 15) is 37.0 Å². The van der Waals surface area contributed by atoms with E-state index in [1.807, 2.05) is 0 Å².